The van der Waals surface area contributed by atoms with Gasteiger partial charge in [-0.25, -0.2) is 0 Å². The van der Waals surface area contributed by atoms with Gasteiger partial charge in [0.25, 0.3) is 5.91 Å². The van der Waals surface area contributed by atoms with Gasteiger partial charge in [-0.2, -0.15) is 0 Å². The molecule has 0 spiro atoms. The molecule has 2 aromatic rings. The lowest BCUT2D eigenvalue weighted by Gasteiger charge is -2.15. The molecule has 2 rings (SSSR count). The summed E-state index contributed by atoms with van der Waals surface area (Å²) >= 11 is 0. The molecule has 3 nitrogen and oxygen atoms in total. The second-order valence-corrected chi connectivity index (χ2v) is 6.05. The van der Waals surface area contributed by atoms with Crippen molar-refractivity contribution in [3.63, 3.8) is 0 Å². The van der Waals surface area contributed by atoms with Crippen molar-refractivity contribution in [3.05, 3.63) is 65.2 Å². The fourth-order valence-electron chi connectivity index (χ4n) is 2.52. The number of nitrogens with one attached hydrogen (secondary N) is 1. The van der Waals surface area contributed by atoms with Crippen LogP contribution in [0.2, 0.25) is 0 Å². The van der Waals surface area contributed by atoms with Gasteiger partial charge in [0.15, 0.2) is 6.61 Å². The quantitative estimate of drug-likeness (QED) is 0.844. The number of carbonyl (C=O) groups is 1. The number of benzene rings is 2. The van der Waals surface area contributed by atoms with Crippen LogP contribution in [0.25, 0.3) is 0 Å². The Labute approximate surface area is 138 Å². The van der Waals surface area contributed by atoms with Crippen LogP contribution in [0.1, 0.15) is 30.0 Å². The topological polar surface area (TPSA) is 38.3 Å². The van der Waals surface area contributed by atoms with Crippen LogP contribution in [0.3, 0.4) is 0 Å². The lowest BCUT2D eigenvalue weighted by Crippen LogP contribution is -2.36. The maximum Gasteiger partial charge on any atom is 0.258 e. The molecule has 0 aliphatic heterocycles. The highest BCUT2D eigenvalue weighted by atomic mass is 16.5. The molecule has 0 heterocycles. The summed E-state index contributed by atoms with van der Waals surface area (Å²) in [6, 6.07) is 16.4. The van der Waals surface area contributed by atoms with Crippen molar-refractivity contribution in [1.82, 2.24) is 5.32 Å². The number of hydrogen-bond acceptors (Lipinski definition) is 2. The predicted molar refractivity (Wildman–Crippen MR) is 93.8 cm³/mol. The molecule has 2 aromatic carbocycles. The minimum atomic E-state index is -0.0782. The molecule has 0 bridgehead atoms. The van der Waals surface area contributed by atoms with Crippen molar-refractivity contribution in [2.45, 2.75) is 39.7 Å². The first-order valence-electron chi connectivity index (χ1n) is 8.08. The van der Waals surface area contributed by atoms with Crippen LogP contribution in [0.15, 0.2) is 48.5 Å². The Balaban J connectivity index is 1.73. The zero-order valence-electron chi connectivity index (χ0n) is 14.1. The Morgan fingerprint density at radius 2 is 1.87 bits per heavy atom. The Morgan fingerprint density at radius 1 is 1.13 bits per heavy atom. The number of amides is 1. The molecule has 1 atom stereocenters. The third kappa shape index (κ3) is 5.78. The molecule has 0 saturated heterocycles. The summed E-state index contributed by atoms with van der Waals surface area (Å²) in [6.07, 6.45) is 1.87. The molecule has 0 aliphatic rings. The van der Waals surface area contributed by atoms with E-state index in [4.69, 9.17) is 4.74 Å². The van der Waals surface area contributed by atoms with Crippen LogP contribution in [0.5, 0.6) is 5.75 Å². The highest BCUT2D eigenvalue weighted by Gasteiger charge is 2.09. The summed E-state index contributed by atoms with van der Waals surface area (Å²) in [5.41, 5.74) is 3.53. The number of hydrogen-bond donors (Lipinski definition) is 1. The van der Waals surface area contributed by atoms with Crippen LogP contribution in [0.4, 0.5) is 0 Å². The smallest absolute Gasteiger partial charge is 0.258 e. The van der Waals surface area contributed by atoms with Crippen molar-refractivity contribution >= 4 is 5.91 Å². The Bertz CT molecular complexity index is 637. The lowest BCUT2D eigenvalue weighted by molar-refractivity contribution is -0.123. The lowest BCUT2D eigenvalue weighted by atomic mass is 10.1. The summed E-state index contributed by atoms with van der Waals surface area (Å²) < 4.78 is 5.61. The van der Waals surface area contributed by atoms with Gasteiger partial charge in [-0.05, 0) is 50.8 Å². The van der Waals surface area contributed by atoms with Gasteiger partial charge >= 0.3 is 0 Å². The van der Waals surface area contributed by atoms with E-state index in [-0.39, 0.29) is 18.6 Å². The number of rotatable bonds is 7. The van der Waals surface area contributed by atoms with E-state index >= 15 is 0 Å². The highest BCUT2D eigenvalue weighted by Crippen LogP contribution is 2.18. The summed E-state index contributed by atoms with van der Waals surface area (Å²) in [5.74, 6) is 0.688. The van der Waals surface area contributed by atoms with Gasteiger partial charge in [0, 0.05) is 6.04 Å². The molecule has 0 fully saturated rings. The summed E-state index contributed by atoms with van der Waals surface area (Å²) in [4.78, 5) is 12.0. The second kappa shape index (κ2) is 8.37. The van der Waals surface area contributed by atoms with Gasteiger partial charge in [-0.3, -0.25) is 4.79 Å². The molecular formula is C20H25NO2. The van der Waals surface area contributed by atoms with Crippen molar-refractivity contribution in [2.24, 2.45) is 0 Å². The Morgan fingerprint density at radius 3 is 2.57 bits per heavy atom. The van der Waals surface area contributed by atoms with E-state index in [1.807, 2.05) is 51.1 Å². The molecule has 0 aromatic heterocycles. The molecule has 0 radical (unpaired) electrons. The van der Waals surface area contributed by atoms with Crippen LogP contribution >= 0.6 is 0 Å². The highest BCUT2D eigenvalue weighted by molar-refractivity contribution is 5.77. The molecule has 0 aliphatic carbocycles. The fraction of sp³-hybridized carbons (Fsp3) is 0.350. The third-order valence-corrected chi connectivity index (χ3v) is 3.81. The number of ether oxygens (including phenoxy) is 1. The molecular weight excluding hydrogens is 286 g/mol. The van der Waals surface area contributed by atoms with Gasteiger partial charge < -0.3 is 10.1 Å². The molecule has 3 heteroatoms. The van der Waals surface area contributed by atoms with Gasteiger partial charge in [-0.1, -0.05) is 48.0 Å². The molecule has 0 saturated carbocycles. The van der Waals surface area contributed by atoms with E-state index < -0.39 is 0 Å². The van der Waals surface area contributed by atoms with E-state index in [0.717, 1.165) is 24.2 Å². The van der Waals surface area contributed by atoms with E-state index in [2.05, 4.69) is 23.5 Å². The van der Waals surface area contributed by atoms with E-state index in [9.17, 15) is 4.79 Å². The molecule has 0 unspecified atom stereocenters. The standard InChI is InChI=1S/C20H25NO2/c1-15-9-12-19(16(2)13-15)23-14-20(22)21-17(3)10-11-18-7-5-4-6-8-18/h4-9,12-13,17H,10-11,14H2,1-3H3,(H,21,22)/t17-/m1/s1. The second-order valence-electron chi connectivity index (χ2n) is 6.05. The maximum absolute atomic E-state index is 12.0. The Kier molecular flexibility index (Phi) is 6.21. The largest absolute Gasteiger partial charge is 0.484 e. The SMILES string of the molecule is Cc1ccc(OCC(=O)N[C@H](C)CCc2ccccc2)c(C)c1. The van der Waals surface area contributed by atoms with Gasteiger partial charge in [0.05, 0.1) is 0 Å². The summed E-state index contributed by atoms with van der Waals surface area (Å²) in [5, 5.41) is 2.99. The van der Waals surface area contributed by atoms with E-state index in [1.54, 1.807) is 0 Å². The summed E-state index contributed by atoms with van der Waals surface area (Å²) in [6.45, 7) is 6.11. The first-order valence-corrected chi connectivity index (χ1v) is 8.08. The van der Waals surface area contributed by atoms with Crippen LogP contribution < -0.4 is 10.1 Å². The minimum absolute atomic E-state index is 0.0551. The van der Waals surface area contributed by atoms with Crippen LogP contribution in [-0.4, -0.2) is 18.6 Å². The zero-order valence-corrected chi connectivity index (χ0v) is 14.1. The van der Waals surface area contributed by atoms with Crippen molar-refractivity contribution in [1.29, 1.82) is 0 Å². The van der Waals surface area contributed by atoms with Crippen LogP contribution in [0, 0.1) is 13.8 Å². The third-order valence-electron chi connectivity index (χ3n) is 3.81. The zero-order chi connectivity index (χ0) is 16.7. The number of aryl methyl sites for hydroxylation is 3. The molecule has 122 valence electrons. The first-order chi connectivity index (χ1) is 11.0. The van der Waals surface area contributed by atoms with Crippen molar-refractivity contribution < 1.29 is 9.53 Å². The minimum Gasteiger partial charge on any atom is -0.484 e. The maximum atomic E-state index is 12.0. The molecule has 1 N–H and O–H groups in total. The van der Waals surface area contributed by atoms with Gasteiger partial charge in [-0.15, -0.1) is 0 Å². The first kappa shape index (κ1) is 17.1. The fourth-order valence-corrected chi connectivity index (χ4v) is 2.52. The normalized spacial score (nSPS) is 11.8. The van der Waals surface area contributed by atoms with E-state index in [0.29, 0.717) is 0 Å². The molecule has 23 heavy (non-hydrogen) atoms. The van der Waals surface area contributed by atoms with Crippen molar-refractivity contribution in [3.8, 4) is 5.75 Å². The predicted octanol–water partition coefficient (Wildman–Crippen LogP) is 3.82. The van der Waals surface area contributed by atoms with Crippen LogP contribution in [-0.2, 0) is 11.2 Å². The average molecular weight is 311 g/mol. The van der Waals surface area contributed by atoms with E-state index in [1.165, 1.54) is 11.1 Å². The van der Waals surface area contributed by atoms with Crippen molar-refractivity contribution in [2.75, 3.05) is 6.61 Å². The number of carbonyl (C=O) groups excluding carboxylic acids is 1. The molecule has 1 amide bonds. The van der Waals surface area contributed by atoms with Gasteiger partial charge in [0.1, 0.15) is 5.75 Å². The van der Waals surface area contributed by atoms with Gasteiger partial charge in [0.2, 0.25) is 0 Å². The summed E-state index contributed by atoms with van der Waals surface area (Å²) in [7, 11) is 0. The average Bonchev–Trinajstić information content (AvgIpc) is 2.53. The Hall–Kier alpha value is -2.29. The monoisotopic (exact) mass is 311 g/mol.